The number of ether oxygens (including phenoxy) is 2. The lowest BCUT2D eigenvalue weighted by atomic mass is 9.77. The lowest BCUT2D eigenvalue weighted by Crippen LogP contribution is -2.59. The fourth-order valence-electron chi connectivity index (χ4n) is 8.01. The molecule has 1 aromatic rings. The number of anilines is 1. The first-order valence-electron chi connectivity index (χ1n) is 16.1. The lowest BCUT2D eigenvalue weighted by Gasteiger charge is -2.44. The van der Waals surface area contributed by atoms with Crippen LogP contribution in [0, 0.1) is 17.3 Å². The first-order chi connectivity index (χ1) is 20.8. The topological polar surface area (TPSA) is 99.6 Å². The quantitative estimate of drug-likeness (QED) is 0.314. The second-order valence-corrected chi connectivity index (χ2v) is 14.4. The Hall–Kier alpha value is -3.17. The molecule has 1 N–H and O–H groups in total. The SMILES string of the molecule is CCOc1ccc(N2CC=C[C@@H]3O[C@]45C=CCN(C(C)(C)CC(C)(C)C)C(=O)C4N(CCCCCO)C(=O)[C@@H]5[C@@H]3C2=O)cc1. The van der Waals surface area contributed by atoms with E-state index in [9.17, 15) is 19.5 Å². The molecular weight excluding hydrogens is 558 g/mol. The minimum absolute atomic E-state index is 0.0198. The first-order valence-corrected chi connectivity index (χ1v) is 16.1. The van der Waals surface area contributed by atoms with Crippen LogP contribution in [0.15, 0.2) is 48.6 Å². The zero-order valence-corrected chi connectivity index (χ0v) is 27.1. The molecule has 240 valence electrons. The van der Waals surface area contributed by atoms with Crippen LogP contribution in [0.4, 0.5) is 5.69 Å². The largest absolute Gasteiger partial charge is 0.494 e. The van der Waals surface area contributed by atoms with Crippen molar-refractivity contribution in [2.45, 2.75) is 90.5 Å². The maximum atomic E-state index is 14.7. The minimum atomic E-state index is -1.26. The summed E-state index contributed by atoms with van der Waals surface area (Å²) in [5, 5.41) is 9.34. The summed E-state index contributed by atoms with van der Waals surface area (Å²) in [7, 11) is 0. The van der Waals surface area contributed by atoms with Crippen LogP contribution < -0.4 is 9.64 Å². The number of rotatable bonds is 10. The van der Waals surface area contributed by atoms with Gasteiger partial charge in [-0.2, -0.15) is 0 Å². The van der Waals surface area contributed by atoms with Crippen molar-refractivity contribution in [2.24, 2.45) is 17.3 Å². The Morgan fingerprint density at radius 3 is 2.34 bits per heavy atom. The Morgan fingerprint density at radius 2 is 1.68 bits per heavy atom. The van der Waals surface area contributed by atoms with Crippen LogP contribution in [0.5, 0.6) is 5.75 Å². The number of unbranched alkanes of at least 4 members (excludes halogenated alkanes) is 2. The Kier molecular flexibility index (Phi) is 9.02. The average molecular weight is 608 g/mol. The Balaban J connectivity index is 1.53. The number of nitrogens with zero attached hydrogens (tertiary/aromatic N) is 3. The Labute approximate surface area is 261 Å². The van der Waals surface area contributed by atoms with Gasteiger partial charge in [-0.05, 0) is 76.1 Å². The van der Waals surface area contributed by atoms with Gasteiger partial charge in [-0.1, -0.05) is 45.1 Å². The van der Waals surface area contributed by atoms with E-state index in [0.29, 0.717) is 39.1 Å². The lowest BCUT2D eigenvalue weighted by molar-refractivity contribution is -0.151. The zero-order valence-electron chi connectivity index (χ0n) is 27.1. The van der Waals surface area contributed by atoms with E-state index in [2.05, 4.69) is 34.6 Å². The third-order valence-corrected chi connectivity index (χ3v) is 9.37. The number of carbonyl (C=O) groups is 3. The second kappa shape index (κ2) is 12.3. The molecule has 0 aromatic heterocycles. The van der Waals surface area contributed by atoms with Crippen molar-refractivity contribution in [3.8, 4) is 5.75 Å². The van der Waals surface area contributed by atoms with Crippen LogP contribution in [0.1, 0.15) is 67.2 Å². The molecule has 4 aliphatic rings. The van der Waals surface area contributed by atoms with Gasteiger partial charge in [-0.15, -0.1) is 0 Å². The van der Waals surface area contributed by atoms with Gasteiger partial charge in [-0.3, -0.25) is 14.4 Å². The van der Waals surface area contributed by atoms with Gasteiger partial charge in [0, 0.05) is 37.5 Å². The molecule has 0 radical (unpaired) electrons. The van der Waals surface area contributed by atoms with Crippen LogP contribution in [0.25, 0.3) is 0 Å². The van der Waals surface area contributed by atoms with E-state index in [0.717, 1.165) is 24.3 Å². The predicted octanol–water partition coefficient (Wildman–Crippen LogP) is 4.34. The van der Waals surface area contributed by atoms with Gasteiger partial charge in [0.25, 0.3) is 0 Å². The number of hydrogen-bond donors (Lipinski definition) is 1. The highest BCUT2D eigenvalue weighted by atomic mass is 16.5. The molecule has 4 heterocycles. The van der Waals surface area contributed by atoms with Gasteiger partial charge in [0.05, 0.1) is 24.5 Å². The minimum Gasteiger partial charge on any atom is -0.494 e. The fraction of sp³-hybridized carbons (Fsp3) is 0.629. The van der Waals surface area contributed by atoms with E-state index in [1.807, 2.05) is 60.4 Å². The number of carbonyl (C=O) groups excluding carboxylic acids is 3. The smallest absolute Gasteiger partial charge is 0.249 e. The molecule has 2 fully saturated rings. The molecule has 0 saturated carbocycles. The monoisotopic (exact) mass is 607 g/mol. The van der Waals surface area contributed by atoms with Gasteiger partial charge in [-0.25, -0.2) is 0 Å². The van der Waals surface area contributed by atoms with Crippen molar-refractivity contribution in [3.63, 3.8) is 0 Å². The zero-order chi connectivity index (χ0) is 31.9. The van der Waals surface area contributed by atoms with E-state index < -0.39 is 35.1 Å². The third-order valence-electron chi connectivity index (χ3n) is 9.37. The predicted molar refractivity (Wildman–Crippen MR) is 169 cm³/mol. The van der Waals surface area contributed by atoms with Crippen molar-refractivity contribution >= 4 is 23.4 Å². The molecule has 0 aliphatic carbocycles. The standard InChI is InChI=1S/C35H49N3O6/c1-7-43-25-16-14-24(15-17-25)36-20-11-13-26-27(30(36)40)28-31(41)37(19-9-8-10-22-39)29-32(42)38(21-12-18-35(28,29)44-26)34(5,6)23-33(2,3)4/h11-18,26-29,39H,7-10,19-23H2,1-6H3/t26-,27+,28-,29?,35-/m0/s1. The van der Waals surface area contributed by atoms with Crippen molar-refractivity contribution in [2.75, 3.05) is 37.7 Å². The summed E-state index contributed by atoms with van der Waals surface area (Å²) in [5.74, 6) is -1.42. The maximum Gasteiger partial charge on any atom is 0.249 e. The molecule has 9 heteroatoms. The number of hydrogen-bond acceptors (Lipinski definition) is 6. The summed E-state index contributed by atoms with van der Waals surface area (Å²) in [6, 6.07) is 6.53. The Morgan fingerprint density at radius 1 is 0.955 bits per heavy atom. The molecule has 9 nitrogen and oxygen atoms in total. The van der Waals surface area contributed by atoms with Crippen LogP contribution in [-0.4, -0.2) is 88.8 Å². The van der Waals surface area contributed by atoms with Gasteiger partial charge in [0.15, 0.2) is 0 Å². The molecular formula is C35H49N3O6. The van der Waals surface area contributed by atoms with E-state index in [1.165, 1.54) is 0 Å². The molecule has 3 amide bonds. The number of fused-ring (bicyclic) bond motifs is 2. The average Bonchev–Trinajstić information content (AvgIpc) is 3.25. The van der Waals surface area contributed by atoms with Crippen molar-refractivity contribution < 1.29 is 29.0 Å². The van der Waals surface area contributed by atoms with Crippen LogP contribution in [-0.2, 0) is 19.1 Å². The van der Waals surface area contributed by atoms with Gasteiger partial charge in [0.2, 0.25) is 17.7 Å². The summed E-state index contributed by atoms with van der Waals surface area (Å²) in [4.78, 5) is 48.9. The van der Waals surface area contributed by atoms with Crippen molar-refractivity contribution in [1.82, 2.24) is 9.80 Å². The van der Waals surface area contributed by atoms with Crippen molar-refractivity contribution in [3.05, 3.63) is 48.6 Å². The molecule has 1 unspecified atom stereocenters. The summed E-state index contributed by atoms with van der Waals surface area (Å²) in [5.41, 5.74) is -1.03. The number of likely N-dealkylation sites (tertiary alicyclic amines) is 1. The normalized spacial score (nSPS) is 28.6. The molecule has 5 rings (SSSR count). The summed E-state index contributed by atoms with van der Waals surface area (Å²) in [6.07, 6.45) is 9.84. The van der Waals surface area contributed by atoms with Gasteiger partial charge < -0.3 is 29.3 Å². The Bertz CT molecular complexity index is 1300. The second-order valence-electron chi connectivity index (χ2n) is 14.4. The van der Waals surface area contributed by atoms with E-state index >= 15 is 0 Å². The molecule has 2 saturated heterocycles. The number of benzene rings is 1. The van der Waals surface area contributed by atoms with E-state index in [4.69, 9.17) is 9.47 Å². The number of aliphatic hydroxyl groups is 1. The number of amides is 3. The van der Waals surface area contributed by atoms with Crippen LogP contribution in [0.3, 0.4) is 0 Å². The highest BCUT2D eigenvalue weighted by Gasteiger charge is 2.72. The van der Waals surface area contributed by atoms with Crippen LogP contribution >= 0.6 is 0 Å². The molecule has 0 bridgehead atoms. The third kappa shape index (κ3) is 5.81. The number of aliphatic hydroxyl groups excluding tert-OH is 1. The van der Waals surface area contributed by atoms with E-state index in [-0.39, 0.29) is 29.7 Å². The molecule has 1 aromatic carbocycles. The van der Waals surface area contributed by atoms with Crippen LogP contribution in [0.2, 0.25) is 0 Å². The maximum absolute atomic E-state index is 14.7. The fourth-order valence-corrected chi connectivity index (χ4v) is 8.01. The summed E-state index contributed by atoms with van der Waals surface area (Å²) >= 11 is 0. The summed E-state index contributed by atoms with van der Waals surface area (Å²) in [6.45, 7) is 14.3. The highest BCUT2D eigenvalue weighted by molar-refractivity contribution is 6.04. The molecule has 44 heavy (non-hydrogen) atoms. The molecule has 4 aliphatic heterocycles. The molecule has 5 atom stereocenters. The van der Waals surface area contributed by atoms with E-state index in [1.54, 1.807) is 9.80 Å². The van der Waals surface area contributed by atoms with Gasteiger partial charge in [0.1, 0.15) is 17.4 Å². The summed E-state index contributed by atoms with van der Waals surface area (Å²) < 4.78 is 12.4. The van der Waals surface area contributed by atoms with Gasteiger partial charge >= 0.3 is 0 Å². The molecule has 1 spiro atoms. The first kappa shape index (κ1) is 32.2. The highest BCUT2D eigenvalue weighted by Crippen LogP contribution is 2.54. The van der Waals surface area contributed by atoms with Crippen molar-refractivity contribution in [1.29, 1.82) is 0 Å².